The van der Waals surface area contributed by atoms with Gasteiger partial charge in [-0.1, -0.05) is 34.6 Å². The molecule has 1 fully saturated rings. The molecule has 1 heterocycles. The summed E-state index contributed by atoms with van der Waals surface area (Å²) >= 11 is 0. The monoisotopic (exact) mass is 214 g/mol. The van der Waals surface area contributed by atoms with Gasteiger partial charge in [-0.2, -0.15) is 0 Å². The Morgan fingerprint density at radius 1 is 1.20 bits per heavy atom. The van der Waals surface area contributed by atoms with Crippen molar-refractivity contribution in [3.63, 3.8) is 0 Å². The summed E-state index contributed by atoms with van der Waals surface area (Å²) in [6.45, 7) is 13.0. The molecule has 0 N–H and O–H groups in total. The van der Waals surface area contributed by atoms with Crippen LogP contribution in [0.3, 0.4) is 0 Å². The fraction of sp³-hybridized carbons (Fsp3) is 1.00. The van der Waals surface area contributed by atoms with Gasteiger partial charge in [0.15, 0.2) is 0 Å². The second kappa shape index (κ2) is 5.86. The lowest BCUT2D eigenvalue weighted by molar-refractivity contribution is -0.0152. The van der Waals surface area contributed by atoms with Crippen molar-refractivity contribution < 1.29 is 9.47 Å². The van der Waals surface area contributed by atoms with Gasteiger partial charge < -0.3 is 9.47 Å². The van der Waals surface area contributed by atoms with Crippen LogP contribution in [-0.2, 0) is 9.47 Å². The largest absolute Gasteiger partial charge is 0.375 e. The zero-order valence-electron chi connectivity index (χ0n) is 10.8. The molecule has 1 aliphatic rings. The first-order valence-corrected chi connectivity index (χ1v) is 6.24. The average Bonchev–Trinajstić information content (AvgIpc) is 2.93. The molecule has 2 nitrogen and oxygen atoms in total. The average molecular weight is 214 g/mol. The Bertz CT molecular complexity index is 173. The van der Waals surface area contributed by atoms with E-state index in [4.69, 9.17) is 9.47 Å². The van der Waals surface area contributed by atoms with E-state index in [1.54, 1.807) is 0 Å². The summed E-state index contributed by atoms with van der Waals surface area (Å²) in [5.74, 6) is 2.02. The van der Waals surface area contributed by atoms with E-state index in [9.17, 15) is 0 Å². The van der Waals surface area contributed by atoms with Crippen LogP contribution in [0.2, 0.25) is 0 Å². The first kappa shape index (κ1) is 13.0. The molecule has 15 heavy (non-hydrogen) atoms. The fourth-order valence-electron chi connectivity index (χ4n) is 1.72. The van der Waals surface area contributed by atoms with E-state index in [0.29, 0.717) is 30.0 Å². The maximum Gasteiger partial charge on any atom is 0.104 e. The smallest absolute Gasteiger partial charge is 0.104 e. The highest BCUT2D eigenvalue weighted by atomic mass is 16.6. The second-order valence-electron chi connectivity index (χ2n) is 5.56. The first-order chi connectivity index (χ1) is 7.00. The van der Waals surface area contributed by atoms with Crippen molar-refractivity contribution in [1.29, 1.82) is 0 Å². The molecule has 0 aromatic rings. The van der Waals surface area contributed by atoms with Crippen LogP contribution in [-0.4, -0.2) is 25.4 Å². The first-order valence-electron chi connectivity index (χ1n) is 6.24. The lowest BCUT2D eigenvalue weighted by Crippen LogP contribution is -2.28. The molecule has 3 unspecified atom stereocenters. The van der Waals surface area contributed by atoms with Crippen LogP contribution >= 0.6 is 0 Å². The van der Waals surface area contributed by atoms with E-state index in [-0.39, 0.29) is 0 Å². The van der Waals surface area contributed by atoms with E-state index in [1.165, 1.54) is 0 Å². The molecule has 0 aliphatic carbocycles. The van der Waals surface area contributed by atoms with Gasteiger partial charge in [-0.15, -0.1) is 0 Å². The number of epoxide rings is 1. The molecule has 1 aliphatic heterocycles. The topological polar surface area (TPSA) is 21.8 Å². The summed E-state index contributed by atoms with van der Waals surface area (Å²) in [5, 5.41) is 0. The number of hydrogen-bond acceptors (Lipinski definition) is 2. The molecule has 0 radical (unpaired) electrons. The minimum atomic E-state index is 0.388. The SMILES string of the molecule is CC(C)CC(OCC1CO1)C(C)C(C)C. The molecule has 1 rings (SSSR count). The molecule has 0 spiro atoms. The van der Waals surface area contributed by atoms with Gasteiger partial charge >= 0.3 is 0 Å². The summed E-state index contributed by atoms with van der Waals surface area (Å²) < 4.78 is 11.2. The van der Waals surface area contributed by atoms with Crippen LogP contribution in [0.5, 0.6) is 0 Å². The molecule has 3 atom stereocenters. The molecule has 90 valence electrons. The van der Waals surface area contributed by atoms with Crippen molar-refractivity contribution in [3.8, 4) is 0 Å². The highest BCUT2D eigenvalue weighted by molar-refractivity contribution is 4.74. The zero-order valence-corrected chi connectivity index (χ0v) is 10.8. The van der Waals surface area contributed by atoms with Crippen LogP contribution in [0.1, 0.15) is 41.0 Å². The molecule has 0 amide bonds. The van der Waals surface area contributed by atoms with E-state index in [2.05, 4.69) is 34.6 Å². The van der Waals surface area contributed by atoms with E-state index >= 15 is 0 Å². The highest BCUT2D eigenvalue weighted by Crippen LogP contribution is 2.24. The molecule has 0 aromatic heterocycles. The van der Waals surface area contributed by atoms with Gasteiger partial charge in [0.05, 0.1) is 19.3 Å². The Morgan fingerprint density at radius 3 is 2.20 bits per heavy atom. The van der Waals surface area contributed by atoms with Crippen LogP contribution in [0.25, 0.3) is 0 Å². The van der Waals surface area contributed by atoms with Crippen molar-refractivity contribution >= 4 is 0 Å². The van der Waals surface area contributed by atoms with Crippen LogP contribution in [0.4, 0.5) is 0 Å². The van der Waals surface area contributed by atoms with E-state index in [0.717, 1.165) is 19.6 Å². The molecule has 0 saturated carbocycles. The maximum atomic E-state index is 5.97. The van der Waals surface area contributed by atoms with Gasteiger partial charge in [-0.25, -0.2) is 0 Å². The maximum absolute atomic E-state index is 5.97. The van der Waals surface area contributed by atoms with Gasteiger partial charge in [-0.3, -0.25) is 0 Å². The fourth-order valence-corrected chi connectivity index (χ4v) is 1.72. The van der Waals surface area contributed by atoms with Crippen molar-refractivity contribution in [2.75, 3.05) is 13.2 Å². The lowest BCUT2D eigenvalue weighted by Gasteiger charge is -2.28. The van der Waals surface area contributed by atoms with Gasteiger partial charge in [0, 0.05) is 0 Å². The Balaban J connectivity index is 2.35. The predicted octanol–water partition coefficient (Wildman–Crippen LogP) is 3.11. The Hall–Kier alpha value is -0.0800. The van der Waals surface area contributed by atoms with Gasteiger partial charge in [0.2, 0.25) is 0 Å². The summed E-state index contributed by atoms with van der Waals surface area (Å²) in [5.41, 5.74) is 0. The molecular formula is C13H26O2. The Kier molecular flexibility index (Phi) is 5.07. The summed E-state index contributed by atoms with van der Waals surface area (Å²) in [6, 6.07) is 0. The molecule has 1 saturated heterocycles. The van der Waals surface area contributed by atoms with Crippen molar-refractivity contribution in [2.24, 2.45) is 17.8 Å². The van der Waals surface area contributed by atoms with Crippen molar-refractivity contribution in [3.05, 3.63) is 0 Å². The molecule has 0 bridgehead atoms. The van der Waals surface area contributed by atoms with E-state index < -0.39 is 0 Å². The minimum absolute atomic E-state index is 0.388. The Morgan fingerprint density at radius 2 is 1.80 bits per heavy atom. The Labute approximate surface area is 94.3 Å². The number of ether oxygens (including phenoxy) is 2. The third kappa shape index (κ3) is 4.98. The highest BCUT2D eigenvalue weighted by Gasteiger charge is 2.27. The predicted molar refractivity (Wildman–Crippen MR) is 62.9 cm³/mol. The minimum Gasteiger partial charge on any atom is -0.375 e. The molecule has 0 aromatic carbocycles. The third-order valence-electron chi connectivity index (χ3n) is 3.24. The molecule has 2 heteroatoms. The standard InChI is InChI=1S/C13H26O2/c1-9(2)6-13(11(5)10(3)4)15-8-12-7-14-12/h9-13H,6-8H2,1-5H3. The van der Waals surface area contributed by atoms with Crippen LogP contribution in [0, 0.1) is 17.8 Å². The third-order valence-corrected chi connectivity index (χ3v) is 3.24. The molecular weight excluding hydrogens is 188 g/mol. The number of hydrogen-bond donors (Lipinski definition) is 0. The van der Waals surface area contributed by atoms with Gasteiger partial charge in [0.25, 0.3) is 0 Å². The van der Waals surface area contributed by atoms with Crippen molar-refractivity contribution in [1.82, 2.24) is 0 Å². The van der Waals surface area contributed by atoms with Crippen LogP contribution in [0.15, 0.2) is 0 Å². The second-order valence-corrected chi connectivity index (χ2v) is 5.56. The lowest BCUT2D eigenvalue weighted by atomic mass is 9.87. The number of rotatable bonds is 7. The zero-order chi connectivity index (χ0) is 11.4. The van der Waals surface area contributed by atoms with Gasteiger partial charge in [-0.05, 0) is 24.2 Å². The van der Waals surface area contributed by atoms with Gasteiger partial charge in [0.1, 0.15) is 6.10 Å². The summed E-state index contributed by atoms with van der Waals surface area (Å²) in [6.07, 6.45) is 1.94. The van der Waals surface area contributed by atoms with Crippen LogP contribution < -0.4 is 0 Å². The van der Waals surface area contributed by atoms with E-state index in [1.807, 2.05) is 0 Å². The summed E-state index contributed by atoms with van der Waals surface area (Å²) in [7, 11) is 0. The van der Waals surface area contributed by atoms with Crippen molar-refractivity contribution in [2.45, 2.75) is 53.2 Å². The normalized spacial score (nSPS) is 24.6. The quantitative estimate of drug-likeness (QED) is 0.607. The summed E-state index contributed by atoms with van der Waals surface area (Å²) in [4.78, 5) is 0.